The Morgan fingerprint density at radius 1 is 1.02 bits per heavy atom. The summed E-state index contributed by atoms with van der Waals surface area (Å²) >= 11 is 0. The topological polar surface area (TPSA) is 123 Å². The summed E-state index contributed by atoms with van der Waals surface area (Å²) < 4.78 is 1.85. The molecule has 40 heavy (non-hydrogen) atoms. The molecule has 0 bridgehead atoms. The van der Waals surface area contributed by atoms with Gasteiger partial charge in [0.15, 0.2) is 5.82 Å². The van der Waals surface area contributed by atoms with Crippen LogP contribution in [-0.2, 0) is 11.8 Å². The number of carbonyl (C=O) groups excluding carboxylic acids is 2. The number of imidazole rings is 1. The van der Waals surface area contributed by atoms with Crippen LogP contribution < -0.4 is 5.32 Å². The van der Waals surface area contributed by atoms with Crippen LogP contribution in [0.15, 0.2) is 73.2 Å². The number of anilines is 1. The summed E-state index contributed by atoms with van der Waals surface area (Å²) in [5.41, 5.74) is 4.49. The van der Waals surface area contributed by atoms with Gasteiger partial charge < -0.3 is 14.6 Å². The number of tetrazole rings is 1. The molecule has 1 aliphatic rings. The van der Waals surface area contributed by atoms with Gasteiger partial charge >= 0.3 is 0 Å². The molecule has 0 aliphatic carbocycles. The largest absolute Gasteiger partial charge is 0.337 e. The first-order chi connectivity index (χ1) is 19.4. The second-order valence-corrected chi connectivity index (χ2v) is 10.1. The van der Waals surface area contributed by atoms with Crippen molar-refractivity contribution in [1.82, 2.24) is 39.5 Å². The molecule has 1 atom stereocenters. The maximum atomic E-state index is 13.5. The number of nitrogens with zero attached hydrogens (tertiary/aromatic N) is 8. The van der Waals surface area contributed by atoms with Gasteiger partial charge in [0, 0.05) is 44.2 Å². The number of aryl methyl sites for hydroxylation is 1. The van der Waals surface area contributed by atoms with E-state index in [0.717, 1.165) is 35.3 Å². The van der Waals surface area contributed by atoms with E-state index >= 15 is 0 Å². The monoisotopic (exact) mass is 535 g/mol. The van der Waals surface area contributed by atoms with E-state index in [2.05, 4.69) is 42.8 Å². The molecule has 4 aromatic heterocycles. The maximum Gasteiger partial charge on any atom is 0.272 e. The number of aromatic nitrogens is 7. The Morgan fingerprint density at radius 3 is 2.55 bits per heavy atom. The van der Waals surface area contributed by atoms with Crippen LogP contribution in [0.1, 0.15) is 47.6 Å². The molecule has 1 unspecified atom stereocenters. The van der Waals surface area contributed by atoms with Gasteiger partial charge in [-0.05, 0) is 53.8 Å². The van der Waals surface area contributed by atoms with Gasteiger partial charge in [-0.2, -0.15) is 4.80 Å². The second-order valence-electron chi connectivity index (χ2n) is 10.1. The van der Waals surface area contributed by atoms with Crippen molar-refractivity contribution in [1.29, 1.82) is 0 Å². The van der Waals surface area contributed by atoms with E-state index in [1.54, 1.807) is 25.4 Å². The SMILES string of the molecule is CC(=O)Nc1ccc2nc(-c3ccnc(C(=O)N4CCC(C(c5ccccc5)c5nnn(C)n5)CC4)c3)cn2c1. The molecule has 202 valence electrons. The quantitative estimate of drug-likeness (QED) is 0.353. The number of fused-ring (bicyclic) bond motifs is 1. The number of hydrogen-bond acceptors (Lipinski definition) is 7. The Hall–Kier alpha value is -4.93. The van der Waals surface area contributed by atoms with E-state index in [1.165, 1.54) is 11.7 Å². The minimum absolute atomic E-state index is 0.0230. The second kappa shape index (κ2) is 10.7. The van der Waals surface area contributed by atoms with Crippen LogP contribution in [0.4, 0.5) is 5.69 Å². The average Bonchev–Trinajstić information content (AvgIpc) is 3.59. The van der Waals surface area contributed by atoms with E-state index in [-0.39, 0.29) is 23.7 Å². The predicted molar refractivity (Wildman–Crippen MR) is 148 cm³/mol. The van der Waals surface area contributed by atoms with E-state index < -0.39 is 0 Å². The van der Waals surface area contributed by atoms with E-state index in [0.29, 0.717) is 30.3 Å². The van der Waals surface area contributed by atoms with Gasteiger partial charge in [-0.1, -0.05) is 30.3 Å². The van der Waals surface area contributed by atoms with Crippen molar-refractivity contribution in [2.75, 3.05) is 18.4 Å². The van der Waals surface area contributed by atoms with E-state index in [9.17, 15) is 9.59 Å². The highest BCUT2D eigenvalue weighted by Crippen LogP contribution is 2.36. The highest BCUT2D eigenvalue weighted by molar-refractivity contribution is 5.93. The zero-order valence-corrected chi connectivity index (χ0v) is 22.3. The van der Waals surface area contributed by atoms with Crippen molar-refractivity contribution >= 4 is 23.1 Å². The van der Waals surface area contributed by atoms with Crippen LogP contribution in [0.2, 0.25) is 0 Å². The normalized spacial score (nSPS) is 14.8. The van der Waals surface area contributed by atoms with Crippen molar-refractivity contribution in [3.63, 3.8) is 0 Å². The standard InChI is InChI=1S/C29H29N9O2/c1-19(39)31-23-8-9-26-32-25(18-38(26)17-23)22-10-13-30-24(16-22)29(40)37-14-11-21(12-15-37)27(20-6-4-3-5-7-20)28-33-35-36(2)34-28/h3-10,13,16-18,21,27H,11-12,14-15H2,1-2H3,(H,31,39). The summed E-state index contributed by atoms with van der Waals surface area (Å²) in [6.45, 7) is 2.72. The van der Waals surface area contributed by atoms with Gasteiger partial charge in [0.2, 0.25) is 5.91 Å². The number of likely N-dealkylation sites (tertiary alicyclic amines) is 1. The van der Waals surface area contributed by atoms with E-state index in [4.69, 9.17) is 0 Å². The number of amides is 2. The van der Waals surface area contributed by atoms with Gasteiger partial charge in [0.25, 0.3) is 5.91 Å². The maximum absolute atomic E-state index is 13.5. The molecule has 5 aromatic rings. The number of piperidine rings is 1. The molecule has 1 fully saturated rings. The number of benzene rings is 1. The fourth-order valence-corrected chi connectivity index (χ4v) is 5.43. The van der Waals surface area contributed by atoms with Crippen LogP contribution in [0.5, 0.6) is 0 Å². The van der Waals surface area contributed by atoms with Gasteiger partial charge in [0.1, 0.15) is 11.3 Å². The number of nitrogens with one attached hydrogen (secondary N) is 1. The highest BCUT2D eigenvalue weighted by atomic mass is 16.2. The van der Waals surface area contributed by atoms with Crippen LogP contribution >= 0.6 is 0 Å². The molecule has 1 aromatic carbocycles. The molecule has 0 radical (unpaired) electrons. The van der Waals surface area contributed by atoms with Crippen molar-refractivity contribution in [2.24, 2.45) is 13.0 Å². The molecule has 1 N–H and O–H groups in total. The van der Waals surface area contributed by atoms with Crippen molar-refractivity contribution in [2.45, 2.75) is 25.7 Å². The lowest BCUT2D eigenvalue weighted by molar-refractivity contribution is -0.114. The molecule has 0 spiro atoms. The fraction of sp³-hybridized carbons (Fsp3) is 0.276. The highest BCUT2D eigenvalue weighted by Gasteiger charge is 2.33. The summed E-state index contributed by atoms with van der Waals surface area (Å²) in [7, 11) is 1.77. The number of carbonyl (C=O) groups is 2. The number of rotatable bonds is 6. The average molecular weight is 536 g/mol. The van der Waals surface area contributed by atoms with Crippen LogP contribution in [0.3, 0.4) is 0 Å². The Balaban J connectivity index is 1.18. The summed E-state index contributed by atoms with van der Waals surface area (Å²) in [5.74, 6) is 0.794. The van der Waals surface area contributed by atoms with Gasteiger partial charge in [-0.15, -0.1) is 10.2 Å². The zero-order chi connectivity index (χ0) is 27.6. The van der Waals surface area contributed by atoms with Crippen molar-refractivity contribution < 1.29 is 9.59 Å². The molecule has 0 saturated carbocycles. The Labute approximate surface area is 230 Å². The lowest BCUT2D eigenvalue weighted by atomic mass is 9.79. The number of hydrogen-bond donors (Lipinski definition) is 1. The van der Waals surface area contributed by atoms with Crippen molar-refractivity contribution in [3.8, 4) is 11.3 Å². The minimum Gasteiger partial charge on any atom is -0.337 e. The minimum atomic E-state index is -0.137. The third-order valence-corrected chi connectivity index (χ3v) is 7.31. The molecule has 1 saturated heterocycles. The molecule has 5 heterocycles. The van der Waals surface area contributed by atoms with Gasteiger partial charge in [-0.3, -0.25) is 14.6 Å². The van der Waals surface area contributed by atoms with Crippen LogP contribution in [0, 0.1) is 5.92 Å². The van der Waals surface area contributed by atoms with Crippen LogP contribution in [0.25, 0.3) is 16.9 Å². The number of pyridine rings is 2. The third kappa shape index (κ3) is 5.18. The first kappa shape index (κ1) is 25.4. The van der Waals surface area contributed by atoms with Crippen molar-refractivity contribution in [3.05, 3.63) is 90.3 Å². The van der Waals surface area contributed by atoms with Gasteiger partial charge in [0.05, 0.1) is 24.3 Å². The lowest BCUT2D eigenvalue weighted by Crippen LogP contribution is -2.40. The summed E-state index contributed by atoms with van der Waals surface area (Å²) in [6.07, 6.45) is 6.98. The molecule has 2 amide bonds. The molecule has 6 rings (SSSR count). The Bertz CT molecular complexity index is 1670. The predicted octanol–water partition coefficient (Wildman–Crippen LogP) is 3.56. The Kier molecular flexibility index (Phi) is 6.77. The first-order valence-corrected chi connectivity index (χ1v) is 13.3. The fourth-order valence-electron chi connectivity index (χ4n) is 5.43. The van der Waals surface area contributed by atoms with E-state index in [1.807, 2.05) is 52.0 Å². The molecular weight excluding hydrogens is 506 g/mol. The zero-order valence-electron chi connectivity index (χ0n) is 22.3. The molecule has 11 heteroatoms. The Morgan fingerprint density at radius 2 is 1.82 bits per heavy atom. The summed E-state index contributed by atoms with van der Waals surface area (Å²) in [6, 6.07) is 17.6. The molecule has 11 nitrogen and oxygen atoms in total. The lowest BCUT2D eigenvalue weighted by Gasteiger charge is -2.35. The molecular formula is C29H29N9O2. The summed E-state index contributed by atoms with van der Waals surface area (Å²) in [4.78, 5) is 37.3. The summed E-state index contributed by atoms with van der Waals surface area (Å²) in [5, 5.41) is 15.7. The third-order valence-electron chi connectivity index (χ3n) is 7.31. The first-order valence-electron chi connectivity index (χ1n) is 13.3. The van der Waals surface area contributed by atoms with Gasteiger partial charge in [-0.25, -0.2) is 4.98 Å². The smallest absolute Gasteiger partial charge is 0.272 e. The van der Waals surface area contributed by atoms with Crippen LogP contribution in [-0.4, -0.2) is 64.4 Å². The molecule has 1 aliphatic heterocycles.